The van der Waals surface area contributed by atoms with Gasteiger partial charge in [-0.05, 0) is 42.9 Å². The van der Waals surface area contributed by atoms with Crippen molar-refractivity contribution in [2.24, 2.45) is 0 Å². The van der Waals surface area contributed by atoms with E-state index in [-0.39, 0.29) is 30.1 Å². The number of rotatable bonds is 11. The van der Waals surface area contributed by atoms with Crippen LogP contribution < -0.4 is 15.4 Å². The highest BCUT2D eigenvalue weighted by Crippen LogP contribution is 2.31. The van der Waals surface area contributed by atoms with Crippen LogP contribution in [0.3, 0.4) is 0 Å². The van der Waals surface area contributed by atoms with Crippen molar-refractivity contribution in [2.45, 2.75) is 56.7 Å². The Labute approximate surface area is 204 Å². The quantitative estimate of drug-likeness (QED) is 0.437. The van der Waals surface area contributed by atoms with Gasteiger partial charge in [0, 0.05) is 43.4 Å². The molecule has 4 rings (SSSR count). The summed E-state index contributed by atoms with van der Waals surface area (Å²) in [5, 5.41) is 6.19. The van der Waals surface area contributed by atoms with E-state index in [9.17, 15) is 14.0 Å². The fourth-order valence-corrected chi connectivity index (χ4v) is 4.67. The first-order valence-corrected chi connectivity index (χ1v) is 11.9. The molecule has 2 amide bonds. The average molecular weight is 479 g/mol. The van der Waals surface area contributed by atoms with Crippen molar-refractivity contribution in [3.8, 4) is 5.75 Å². The van der Waals surface area contributed by atoms with E-state index in [1.165, 1.54) is 13.2 Å². The molecule has 8 heteroatoms. The standard InChI is InChI=1S/C27H31FN4O3/c1-35-22-8-7-21(23(28)17-22)18-27(13-10-26(34)31-27)12-9-25(33)30-24(20-5-3-2-4-6-20)11-15-32-16-14-29-19-32/h2-8,14,16-17,19,24H,9-13,15,18H2,1H3,(H,30,33)(H,31,34)/t24-,27-/m1/s1. The second kappa shape index (κ2) is 11.2. The van der Waals surface area contributed by atoms with Crippen LogP contribution in [0.25, 0.3) is 0 Å². The Bertz CT molecular complexity index is 1140. The second-order valence-electron chi connectivity index (χ2n) is 9.08. The molecule has 0 spiro atoms. The van der Waals surface area contributed by atoms with Gasteiger partial charge in [0.1, 0.15) is 11.6 Å². The van der Waals surface area contributed by atoms with Crippen LogP contribution in [-0.2, 0) is 22.6 Å². The number of aryl methyl sites for hydroxylation is 1. The number of benzene rings is 2. The largest absolute Gasteiger partial charge is 0.497 e. The summed E-state index contributed by atoms with van der Waals surface area (Å²) in [6.45, 7) is 0.719. The minimum atomic E-state index is -0.650. The van der Waals surface area contributed by atoms with Crippen molar-refractivity contribution in [2.75, 3.05) is 7.11 Å². The van der Waals surface area contributed by atoms with Crippen LogP contribution in [0.5, 0.6) is 5.75 Å². The van der Waals surface area contributed by atoms with Gasteiger partial charge in [0.15, 0.2) is 0 Å². The maximum Gasteiger partial charge on any atom is 0.220 e. The molecule has 1 saturated heterocycles. The van der Waals surface area contributed by atoms with Gasteiger partial charge >= 0.3 is 0 Å². The predicted octanol–water partition coefficient (Wildman–Crippen LogP) is 3.95. The first-order chi connectivity index (χ1) is 17.0. The summed E-state index contributed by atoms with van der Waals surface area (Å²) in [6, 6.07) is 14.5. The molecule has 0 unspecified atom stereocenters. The van der Waals surface area contributed by atoms with Gasteiger partial charge < -0.3 is 19.9 Å². The van der Waals surface area contributed by atoms with Crippen molar-refractivity contribution in [1.82, 2.24) is 20.2 Å². The number of halogens is 1. The highest BCUT2D eigenvalue weighted by Gasteiger charge is 2.38. The maximum atomic E-state index is 14.6. The molecule has 35 heavy (non-hydrogen) atoms. The third kappa shape index (κ3) is 6.47. The summed E-state index contributed by atoms with van der Waals surface area (Å²) in [5.41, 5.74) is 0.879. The molecule has 2 heterocycles. The number of methoxy groups -OCH3 is 1. The Morgan fingerprint density at radius 3 is 2.77 bits per heavy atom. The molecule has 1 fully saturated rings. The van der Waals surface area contributed by atoms with Gasteiger partial charge in [-0.25, -0.2) is 9.37 Å². The lowest BCUT2D eigenvalue weighted by Gasteiger charge is -2.30. The van der Waals surface area contributed by atoms with Crippen LogP contribution in [0.2, 0.25) is 0 Å². The second-order valence-corrected chi connectivity index (χ2v) is 9.08. The number of imidazole rings is 1. The fourth-order valence-electron chi connectivity index (χ4n) is 4.67. The van der Waals surface area contributed by atoms with Crippen LogP contribution in [0, 0.1) is 5.82 Å². The van der Waals surface area contributed by atoms with Crippen LogP contribution in [0.4, 0.5) is 4.39 Å². The number of ether oxygens (including phenoxy) is 1. The normalized spacial score (nSPS) is 18.2. The lowest BCUT2D eigenvalue weighted by molar-refractivity contribution is -0.123. The predicted molar refractivity (Wildman–Crippen MR) is 130 cm³/mol. The molecule has 184 valence electrons. The Hall–Kier alpha value is -3.68. The number of hydrogen-bond donors (Lipinski definition) is 2. The number of nitrogens with one attached hydrogen (secondary N) is 2. The van der Waals surface area contributed by atoms with E-state index in [0.29, 0.717) is 43.4 Å². The molecule has 1 aromatic heterocycles. The fraction of sp³-hybridized carbons (Fsp3) is 0.370. The van der Waals surface area contributed by atoms with Gasteiger partial charge in [-0.3, -0.25) is 9.59 Å². The monoisotopic (exact) mass is 478 g/mol. The third-order valence-electron chi connectivity index (χ3n) is 6.63. The van der Waals surface area contributed by atoms with Gasteiger partial charge in [-0.15, -0.1) is 0 Å². The molecular weight excluding hydrogens is 447 g/mol. The van der Waals surface area contributed by atoms with Crippen molar-refractivity contribution >= 4 is 11.8 Å². The van der Waals surface area contributed by atoms with E-state index < -0.39 is 5.54 Å². The minimum Gasteiger partial charge on any atom is -0.497 e. The number of nitrogens with zero attached hydrogens (tertiary/aromatic N) is 2. The molecule has 1 aliphatic heterocycles. The van der Waals surface area contributed by atoms with Gasteiger partial charge in [0.25, 0.3) is 0 Å². The van der Waals surface area contributed by atoms with Crippen molar-refractivity contribution < 1.29 is 18.7 Å². The van der Waals surface area contributed by atoms with E-state index in [2.05, 4.69) is 15.6 Å². The smallest absolute Gasteiger partial charge is 0.220 e. The average Bonchev–Trinajstić information content (AvgIpc) is 3.52. The van der Waals surface area contributed by atoms with Gasteiger partial charge in [0.2, 0.25) is 11.8 Å². The number of aromatic nitrogens is 2. The van der Waals surface area contributed by atoms with Crippen LogP contribution in [0.1, 0.15) is 49.3 Å². The molecule has 0 saturated carbocycles. The molecule has 2 aromatic carbocycles. The maximum absolute atomic E-state index is 14.6. The topological polar surface area (TPSA) is 85.2 Å². The molecule has 0 aliphatic carbocycles. The van der Waals surface area contributed by atoms with Crippen LogP contribution in [0.15, 0.2) is 67.3 Å². The number of hydrogen-bond acceptors (Lipinski definition) is 4. The van der Waals surface area contributed by atoms with E-state index in [0.717, 1.165) is 12.1 Å². The SMILES string of the molecule is COc1ccc(C[C@@]2(CCC(=O)N[C@H](CCn3ccnc3)c3ccccc3)CCC(=O)N2)c(F)c1. The summed E-state index contributed by atoms with van der Waals surface area (Å²) < 4.78 is 21.7. The van der Waals surface area contributed by atoms with Crippen LogP contribution in [-0.4, -0.2) is 34.0 Å². The summed E-state index contributed by atoms with van der Waals surface area (Å²) in [7, 11) is 1.49. The zero-order valence-electron chi connectivity index (χ0n) is 19.9. The Morgan fingerprint density at radius 1 is 1.29 bits per heavy atom. The molecule has 2 atom stereocenters. The highest BCUT2D eigenvalue weighted by molar-refractivity contribution is 5.80. The Balaban J connectivity index is 1.42. The van der Waals surface area contributed by atoms with Crippen LogP contribution >= 0.6 is 0 Å². The molecule has 3 aromatic rings. The molecule has 0 radical (unpaired) electrons. The Morgan fingerprint density at radius 2 is 2.11 bits per heavy atom. The van der Waals surface area contributed by atoms with Crippen molar-refractivity contribution in [3.63, 3.8) is 0 Å². The van der Waals surface area contributed by atoms with Gasteiger partial charge in [-0.1, -0.05) is 36.4 Å². The van der Waals surface area contributed by atoms with E-state index >= 15 is 0 Å². The molecule has 1 aliphatic rings. The van der Waals surface area contributed by atoms with E-state index in [1.54, 1.807) is 24.7 Å². The first-order valence-electron chi connectivity index (χ1n) is 11.9. The van der Waals surface area contributed by atoms with Crippen molar-refractivity contribution in [3.05, 3.63) is 84.2 Å². The van der Waals surface area contributed by atoms with Crippen molar-refractivity contribution in [1.29, 1.82) is 0 Å². The number of carbonyl (C=O) groups excluding carboxylic acids is 2. The van der Waals surface area contributed by atoms with Gasteiger partial charge in [-0.2, -0.15) is 0 Å². The molecule has 7 nitrogen and oxygen atoms in total. The molecule has 0 bridgehead atoms. The summed E-state index contributed by atoms with van der Waals surface area (Å²) in [5.74, 6) is -0.0993. The zero-order chi connectivity index (χ0) is 24.7. The highest BCUT2D eigenvalue weighted by atomic mass is 19.1. The summed E-state index contributed by atoms with van der Waals surface area (Å²) in [4.78, 5) is 29.2. The summed E-state index contributed by atoms with van der Waals surface area (Å²) in [6.07, 6.45) is 8.02. The van der Waals surface area contributed by atoms with E-state index in [1.807, 2.05) is 41.1 Å². The van der Waals surface area contributed by atoms with Gasteiger partial charge in [0.05, 0.1) is 19.5 Å². The minimum absolute atomic E-state index is 0.0678. The zero-order valence-corrected chi connectivity index (χ0v) is 19.9. The molecule has 2 N–H and O–H groups in total. The number of amides is 2. The Kier molecular flexibility index (Phi) is 7.80. The van der Waals surface area contributed by atoms with E-state index in [4.69, 9.17) is 4.74 Å². The molecular formula is C27H31FN4O3. The summed E-state index contributed by atoms with van der Waals surface area (Å²) >= 11 is 0. The third-order valence-corrected chi connectivity index (χ3v) is 6.63. The lowest BCUT2D eigenvalue weighted by atomic mass is 9.84. The first kappa shape index (κ1) is 24.4. The lowest BCUT2D eigenvalue weighted by Crippen LogP contribution is -2.45. The number of carbonyl (C=O) groups is 2.